The number of rotatable bonds is 5. The van der Waals surface area contributed by atoms with Crippen LogP contribution in [0.5, 0.6) is 0 Å². The molecule has 0 heterocycles. The van der Waals surface area contributed by atoms with Crippen molar-refractivity contribution in [3.8, 4) is 0 Å². The maximum atomic E-state index is 11.4. The van der Waals surface area contributed by atoms with Gasteiger partial charge in [-0.25, -0.2) is 4.79 Å². The predicted octanol–water partition coefficient (Wildman–Crippen LogP) is 1.79. The lowest BCUT2D eigenvalue weighted by molar-refractivity contribution is 0.203. The molecule has 1 atom stereocenters. The van der Waals surface area contributed by atoms with Crippen LogP contribution in [0.15, 0.2) is 0 Å². The second-order valence-electron chi connectivity index (χ2n) is 2.90. The van der Waals surface area contributed by atoms with E-state index in [2.05, 4.69) is 12.2 Å². The Bertz CT molecular complexity index is 149. The monoisotopic (exact) mass is 204 g/mol. The molecule has 0 fully saturated rings. The van der Waals surface area contributed by atoms with E-state index in [0.717, 1.165) is 19.6 Å². The van der Waals surface area contributed by atoms with Gasteiger partial charge in [0.15, 0.2) is 0 Å². The number of carbonyl (C=O) groups is 1. The second-order valence-corrected chi connectivity index (χ2v) is 4.18. The Morgan fingerprint density at radius 3 is 2.38 bits per heavy atom. The summed E-state index contributed by atoms with van der Waals surface area (Å²) in [7, 11) is 0. The quantitative estimate of drug-likeness (QED) is 0.740. The highest BCUT2D eigenvalue weighted by Gasteiger charge is 2.09. The smallest absolute Gasteiger partial charge is 0.317 e. The zero-order valence-electron chi connectivity index (χ0n) is 8.96. The summed E-state index contributed by atoms with van der Waals surface area (Å²) in [5, 5.41) is 3.39. The summed E-state index contributed by atoms with van der Waals surface area (Å²) in [6.07, 6.45) is 2.05. The van der Waals surface area contributed by atoms with Crippen molar-refractivity contribution in [3.05, 3.63) is 0 Å². The van der Waals surface area contributed by atoms with Crippen LogP contribution in [0.25, 0.3) is 0 Å². The molecule has 0 saturated carbocycles. The molecule has 0 aliphatic carbocycles. The molecule has 0 radical (unpaired) electrons. The highest BCUT2D eigenvalue weighted by molar-refractivity contribution is 7.99. The van der Waals surface area contributed by atoms with Gasteiger partial charge in [0, 0.05) is 24.9 Å². The van der Waals surface area contributed by atoms with Gasteiger partial charge in [0.05, 0.1) is 0 Å². The highest BCUT2D eigenvalue weighted by atomic mass is 32.2. The summed E-state index contributed by atoms with van der Waals surface area (Å²) in [5.74, 6) is 0. The minimum atomic E-state index is 0.0471. The summed E-state index contributed by atoms with van der Waals surface area (Å²) in [5.41, 5.74) is 0. The number of urea groups is 1. The lowest BCUT2D eigenvalue weighted by Crippen LogP contribution is -2.41. The topological polar surface area (TPSA) is 32.3 Å². The molecule has 4 heteroatoms. The molecule has 0 saturated heterocycles. The largest absolute Gasteiger partial charge is 0.337 e. The molecule has 1 N–H and O–H groups in total. The normalized spacial score (nSPS) is 12.3. The molecule has 0 aliphatic rings. The molecule has 0 aromatic heterocycles. The van der Waals surface area contributed by atoms with Gasteiger partial charge in [0.25, 0.3) is 0 Å². The zero-order valence-corrected chi connectivity index (χ0v) is 9.78. The molecule has 3 nitrogen and oxygen atoms in total. The Hall–Kier alpha value is -0.380. The number of hydrogen-bond donors (Lipinski definition) is 1. The van der Waals surface area contributed by atoms with Crippen LogP contribution in [0, 0.1) is 0 Å². The number of carbonyl (C=O) groups excluding carboxylic acids is 1. The van der Waals surface area contributed by atoms with Crippen LogP contribution in [0.2, 0.25) is 0 Å². The molecule has 0 bridgehead atoms. The van der Waals surface area contributed by atoms with Crippen LogP contribution >= 0.6 is 11.8 Å². The Labute approximate surface area is 85.3 Å². The van der Waals surface area contributed by atoms with Crippen molar-refractivity contribution >= 4 is 17.8 Å². The first-order chi connectivity index (χ1) is 6.15. The van der Waals surface area contributed by atoms with Crippen LogP contribution in [-0.4, -0.2) is 42.1 Å². The molecule has 0 aliphatic heterocycles. The van der Waals surface area contributed by atoms with Gasteiger partial charge in [0.1, 0.15) is 0 Å². The Kier molecular flexibility index (Phi) is 6.86. The third-order valence-corrected chi connectivity index (χ3v) is 2.97. The minimum Gasteiger partial charge on any atom is -0.337 e. The van der Waals surface area contributed by atoms with Gasteiger partial charge in [-0.1, -0.05) is 6.92 Å². The number of thioether (sulfide) groups is 1. The van der Waals surface area contributed by atoms with Crippen LogP contribution in [-0.2, 0) is 0 Å². The van der Waals surface area contributed by atoms with Crippen molar-refractivity contribution in [2.45, 2.75) is 26.0 Å². The zero-order chi connectivity index (χ0) is 10.3. The van der Waals surface area contributed by atoms with Crippen molar-refractivity contribution in [1.82, 2.24) is 10.2 Å². The number of hydrogen-bond acceptors (Lipinski definition) is 2. The fourth-order valence-electron chi connectivity index (χ4n) is 0.937. The second kappa shape index (κ2) is 7.06. The number of nitrogens with one attached hydrogen (secondary N) is 1. The first-order valence-corrected chi connectivity index (χ1v) is 6.00. The average Bonchev–Trinajstić information content (AvgIpc) is 2.16. The molecular weight excluding hydrogens is 184 g/mol. The van der Waals surface area contributed by atoms with Crippen LogP contribution < -0.4 is 5.32 Å². The molecule has 1 unspecified atom stereocenters. The van der Waals surface area contributed by atoms with Crippen molar-refractivity contribution in [2.75, 3.05) is 25.9 Å². The van der Waals surface area contributed by atoms with Gasteiger partial charge >= 0.3 is 6.03 Å². The summed E-state index contributed by atoms with van der Waals surface area (Å²) in [6.45, 7) is 8.37. The third kappa shape index (κ3) is 5.03. The summed E-state index contributed by atoms with van der Waals surface area (Å²) < 4.78 is 0. The Morgan fingerprint density at radius 2 is 2.00 bits per heavy atom. The molecule has 2 amide bonds. The molecule has 78 valence electrons. The minimum absolute atomic E-state index is 0.0471. The Balaban J connectivity index is 3.72. The van der Waals surface area contributed by atoms with Crippen molar-refractivity contribution in [2.24, 2.45) is 0 Å². The van der Waals surface area contributed by atoms with Gasteiger partial charge in [0.2, 0.25) is 0 Å². The van der Waals surface area contributed by atoms with Crippen LogP contribution in [0.4, 0.5) is 4.79 Å². The van der Waals surface area contributed by atoms with Gasteiger partial charge in [-0.3, -0.25) is 0 Å². The maximum absolute atomic E-state index is 11.4. The first kappa shape index (κ1) is 12.6. The first-order valence-electron chi connectivity index (χ1n) is 4.71. The summed E-state index contributed by atoms with van der Waals surface area (Å²) >= 11 is 1.76. The van der Waals surface area contributed by atoms with Crippen molar-refractivity contribution < 1.29 is 4.79 Å². The van der Waals surface area contributed by atoms with E-state index < -0.39 is 0 Å². The van der Waals surface area contributed by atoms with E-state index in [1.807, 2.05) is 20.1 Å². The fourth-order valence-corrected chi connectivity index (χ4v) is 1.19. The van der Waals surface area contributed by atoms with Gasteiger partial charge in [-0.15, -0.1) is 0 Å². The molecule has 0 rings (SSSR count). The molecule has 13 heavy (non-hydrogen) atoms. The van der Waals surface area contributed by atoms with E-state index in [4.69, 9.17) is 0 Å². The van der Waals surface area contributed by atoms with E-state index in [0.29, 0.717) is 5.25 Å². The molecule has 0 spiro atoms. The van der Waals surface area contributed by atoms with Crippen LogP contribution in [0.3, 0.4) is 0 Å². The van der Waals surface area contributed by atoms with Crippen molar-refractivity contribution in [3.63, 3.8) is 0 Å². The van der Waals surface area contributed by atoms with E-state index in [9.17, 15) is 4.79 Å². The lowest BCUT2D eigenvalue weighted by Gasteiger charge is -2.20. The Morgan fingerprint density at radius 1 is 1.46 bits per heavy atom. The van der Waals surface area contributed by atoms with Gasteiger partial charge in [-0.05, 0) is 20.1 Å². The van der Waals surface area contributed by atoms with Crippen molar-refractivity contribution in [1.29, 1.82) is 0 Å². The van der Waals surface area contributed by atoms with E-state index >= 15 is 0 Å². The lowest BCUT2D eigenvalue weighted by atomic mass is 10.4. The number of nitrogens with zero attached hydrogens (tertiary/aromatic N) is 1. The number of amides is 2. The van der Waals surface area contributed by atoms with E-state index in [-0.39, 0.29) is 6.03 Å². The maximum Gasteiger partial charge on any atom is 0.317 e. The molecule has 0 aromatic rings. The molecular formula is C9H20N2OS. The highest BCUT2D eigenvalue weighted by Crippen LogP contribution is 2.02. The molecule has 0 aromatic carbocycles. The van der Waals surface area contributed by atoms with Crippen LogP contribution in [0.1, 0.15) is 20.8 Å². The summed E-state index contributed by atoms with van der Waals surface area (Å²) in [4.78, 5) is 13.2. The van der Waals surface area contributed by atoms with E-state index in [1.165, 1.54) is 0 Å². The SMILES string of the molecule is CCN(CC)C(=O)NCC(C)SC. The summed E-state index contributed by atoms with van der Waals surface area (Å²) in [6, 6.07) is 0.0471. The standard InChI is InChI=1S/C9H20N2OS/c1-5-11(6-2)9(12)10-7-8(3)13-4/h8H,5-7H2,1-4H3,(H,10,12). The third-order valence-electron chi connectivity index (χ3n) is 1.99. The fraction of sp³-hybridized carbons (Fsp3) is 0.889. The van der Waals surface area contributed by atoms with Gasteiger partial charge < -0.3 is 10.2 Å². The average molecular weight is 204 g/mol. The predicted molar refractivity (Wildman–Crippen MR) is 59.3 cm³/mol. The van der Waals surface area contributed by atoms with E-state index in [1.54, 1.807) is 16.7 Å². The van der Waals surface area contributed by atoms with Gasteiger partial charge in [-0.2, -0.15) is 11.8 Å².